The highest BCUT2D eigenvalue weighted by molar-refractivity contribution is 7.99. The highest BCUT2D eigenvalue weighted by Gasteiger charge is 2.25. The van der Waals surface area contributed by atoms with E-state index in [0.717, 1.165) is 37.4 Å². The van der Waals surface area contributed by atoms with Crippen molar-refractivity contribution in [1.29, 1.82) is 0 Å². The van der Waals surface area contributed by atoms with E-state index in [4.69, 9.17) is 23.2 Å². The smallest absolute Gasteiger partial charge is 0.232 e. The molecule has 1 aliphatic heterocycles. The predicted molar refractivity (Wildman–Crippen MR) is 91.2 cm³/mol. The highest BCUT2D eigenvalue weighted by atomic mass is 35.5. The molecule has 1 N–H and O–H groups in total. The summed E-state index contributed by atoms with van der Waals surface area (Å²) < 4.78 is 0. The summed E-state index contributed by atoms with van der Waals surface area (Å²) in [4.78, 5) is 14.1. The van der Waals surface area contributed by atoms with Crippen molar-refractivity contribution < 1.29 is 4.79 Å². The largest absolute Gasteiger partial charge is 0.342 e. The molecule has 2 rings (SSSR count). The molecule has 6 heteroatoms. The van der Waals surface area contributed by atoms with Gasteiger partial charge in [0.25, 0.3) is 0 Å². The number of hydrogen-bond acceptors (Lipinski definition) is 3. The summed E-state index contributed by atoms with van der Waals surface area (Å²) >= 11 is 13.6. The van der Waals surface area contributed by atoms with Crippen LogP contribution in [0.1, 0.15) is 12.0 Å². The Balaban J connectivity index is 1.74. The van der Waals surface area contributed by atoms with Gasteiger partial charge < -0.3 is 10.2 Å². The molecule has 1 amide bonds. The van der Waals surface area contributed by atoms with Crippen LogP contribution in [0.15, 0.2) is 18.2 Å². The summed E-state index contributed by atoms with van der Waals surface area (Å²) in [5, 5.41) is 4.48. The minimum atomic E-state index is 0.226. The van der Waals surface area contributed by atoms with Crippen LogP contribution >= 0.6 is 35.0 Å². The second kappa shape index (κ2) is 8.28. The molecule has 3 nitrogen and oxygen atoms in total. The van der Waals surface area contributed by atoms with E-state index in [0.29, 0.717) is 21.7 Å². The number of amides is 1. The van der Waals surface area contributed by atoms with Gasteiger partial charge in [0.2, 0.25) is 5.91 Å². The van der Waals surface area contributed by atoms with Gasteiger partial charge in [-0.15, -0.1) is 11.8 Å². The van der Waals surface area contributed by atoms with Gasteiger partial charge in [0.15, 0.2) is 0 Å². The number of nitrogens with zero attached hydrogens (tertiary/aromatic N) is 1. The first kappa shape index (κ1) is 16.9. The first-order chi connectivity index (χ1) is 10.1. The molecule has 0 bridgehead atoms. The molecule has 0 radical (unpaired) electrons. The Morgan fingerprint density at radius 2 is 2.29 bits per heavy atom. The third-order valence-corrected chi connectivity index (χ3v) is 5.18. The van der Waals surface area contributed by atoms with E-state index in [1.807, 2.05) is 24.1 Å². The van der Waals surface area contributed by atoms with Crippen molar-refractivity contribution in [3.63, 3.8) is 0 Å². The Hall–Kier alpha value is -0.420. The van der Waals surface area contributed by atoms with Crippen LogP contribution in [0.4, 0.5) is 0 Å². The quantitative estimate of drug-likeness (QED) is 0.857. The maximum absolute atomic E-state index is 12.2. The van der Waals surface area contributed by atoms with E-state index < -0.39 is 0 Å². The van der Waals surface area contributed by atoms with Gasteiger partial charge in [0.05, 0.1) is 5.75 Å². The Morgan fingerprint density at radius 1 is 1.48 bits per heavy atom. The third-order valence-electron chi connectivity index (χ3n) is 3.63. The van der Waals surface area contributed by atoms with E-state index in [2.05, 4.69) is 5.32 Å². The number of rotatable bonds is 6. The van der Waals surface area contributed by atoms with E-state index >= 15 is 0 Å². The molecule has 116 valence electrons. The first-order valence-electron chi connectivity index (χ1n) is 7.04. The number of halogens is 2. The van der Waals surface area contributed by atoms with Crippen molar-refractivity contribution >= 4 is 40.9 Å². The molecule has 0 aliphatic carbocycles. The zero-order chi connectivity index (χ0) is 15.2. The number of nitrogens with one attached hydrogen (secondary N) is 1. The van der Waals surface area contributed by atoms with Crippen LogP contribution in [0.3, 0.4) is 0 Å². The molecule has 1 unspecified atom stereocenters. The van der Waals surface area contributed by atoms with Crippen molar-refractivity contribution in [2.24, 2.45) is 5.92 Å². The topological polar surface area (TPSA) is 32.3 Å². The number of carbonyl (C=O) groups is 1. The van der Waals surface area contributed by atoms with Gasteiger partial charge >= 0.3 is 0 Å². The van der Waals surface area contributed by atoms with Gasteiger partial charge in [-0.2, -0.15) is 0 Å². The Labute approximate surface area is 140 Å². The molecule has 1 saturated heterocycles. The Bertz CT molecular complexity index is 499. The lowest BCUT2D eigenvalue weighted by molar-refractivity contribution is -0.127. The fourth-order valence-corrected chi connectivity index (χ4v) is 3.98. The van der Waals surface area contributed by atoms with Gasteiger partial charge in [-0.25, -0.2) is 0 Å². The van der Waals surface area contributed by atoms with E-state index in [9.17, 15) is 4.79 Å². The van der Waals surface area contributed by atoms with Gasteiger partial charge in [-0.05, 0) is 43.6 Å². The maximum atomic E-state index is 12.2. The van der Waals surface area contributed by atoms with Gasteiger partial charge in [0.1, 0.15) is 0 Å². The molecule has 21 heavy (non-hydrogen) atoms. The SMILES string of the molecule is CNCC1CCN(C(=O)CSCc2ccc(Cl)cc2Cl)C1. The summed E-state index contributed by atoms with van der Waals surface area (Å²) in [5.74, 6) is 2.05. The van der Waals surface area contributed by atoms with Crippen molar-refractivity contribution in [1.82, 2.24) is 10.2 Å². The number of benzene rings is 1. The lowest BCUT2D eigenvalue weighted by atomic mass is 10.1. The highest BCUT2D eigenvalue weighted by Crippen LogP contribution is 2.25. The van der Waals surface area contributed by atoms with Crippen LogP contribution < -0.4 is 5.32 Å². The molecule has 0 saturated carbocycles. The van der Waals surface area contributed by atoms with E-state index in [-0.39, 0.29) is 5.91 Å². The molecule has 0 aromatic heterocycles. The number of thioether (sulfide) groups is 1. The lowest BCUT2D eigenvalue weighted by Gasteiger charge is -2.16. The van der Waals surface area contributed by atoms with Crippen molar-refractivity contribution in [3.8, 4) is 0 Å². The van der Waals surface area contributed by atoms with Crippen molar-refractivity contribution in [3.05, 3.63) is 33.8 Å². The predicted octanol–water partition coefficient (Wildman–Crippen LogP) is 3.29. The number of likely N-dealkylation sites (tertiary alicyclic amines) is 1. The molecule has 1 aliphatic rings. The minimum Gasteiger partial charge on any atom is -0.342 e. The van der Waals surface area contributed by atoms with Crippen LogP contribution in [0.5, 0.6) is 0 Å². The monoisotopic (exact) mass is 346 g/mol. The van der Waals surface area contributed by atoms with Crippen LogP contribution in [0.25, 0.3) is 0 Å². The van der Waals surface area contributed by atoms with Gasteiger partial charge in [-0.3, -0.25) is 4.79 Å². The standard InChI is InChI=1S/C15H20Cl2N2OS/c1-18-7-11-4-5-19(8-11)15(20)10-21-9-12-2-3-13(16)6-14(12)17/h2-3,6,11,18H,4-5,7-10H2,1H3. The zero-order valence-corrected chi connectivity index (χ0v) is 14.4. The average molecular weight is 347 g/mol. The zero-order valence-electron chi connectivity index (χ0n) is 12.1. The fourth-order valence-electron chi connectivity index (χ4n) is 2.49. The van der Waals surface area contributed by atoms with E-state index in [1.54, 1.807) is 17.8 Å². The van der Waals surface area contributed by atoms with Crippen molar-refractivity contribution in [2.75, 3.05) is 32.4 Å². The molecule has 0 spiro atoms. The Kier molecular flexibility index (Phi) is 6.68. The van der Waals surface area contributed by atoms with Crippen LogP contribution in [0, 0.1) is 5.92 Å². The lowest BCUT2D eigenvalue weighted by Crippen LogP contribution is -2.31. The summed E-state index contributed by atoms with van der Waals surface area (Å²) in [6, 6.07) is 5.48. The molecular formula is C15H20Cl2N2OS. The van der Waals surface area contributed by atoms with Crippen molar-refractivity contribution in [2.45, 2.75) is 12.2 Å². The van der Waals surface area contributed by atoms with Crippen LogP contribution in [-0.2, 0) is 10.5 Å². The number of hydrogen-bond donors (Lipinski definition) is 1. The third kappa shape index (κ3) is 5.06. The summed E-state index contributed by atoms with van der Waals surface area (Å²) in [6.07, 6.45) is 1.10. The molecule has 1 heterocycles. The molecule has 1 aromatic rings. The average Bonchev–Trinajstić information content (AvgIpc) is 2.90. The fraction of sp³-hybridized carbons (Fsp3) is 0.533. The molecule has 1 aromatic carbocycles. The molecule has 1 atom stereocenters. The van der Waals surface area contributed by atoms with Crippen LogP contribution in [0.2, 0.25) is 10.0 Å². The summed E-state index contributed by atoms with van der Waals surface area (Å²) in [6.45, 7) is 2.74. The summed E-state index contributed by atoms with van der Waals surface area (Å²) in [5.41, 5.74) is 1.02. The maximum Gasteiger partial charge on any atom is 0.232 e. The van der Waals surface area contributed by atoms with Gasteiger partial charge in [-0.1, -0.05) is 29.3 Å². The second-order valence-electron chi connectivity index (χ2n) is 5.28. The van der Waals surface area contributed by atoms with Crippen LogP contribution in [-0.4, -0.2) is 43.2 Å². The normalized spacial score (nSPS) is 18.2. The molecule has 1 fully saturated rings. The Morgan fingerprint density at radius 3 is 3.00 bits per heavy atom. The van der Waals surface area contributed by atoms with Gasteiger partial charge in [0, 0.05) is 28.9 Å². The number of carbonyl (C=O) groups excluding carboxylic acids is 1. The minimum absolute atomic E-state index is 0.226. The first-order valence-corrected chi connectivity index (χ1v) is 8.95. The summed E-state index contributed by atoms with van der Waals surface area (Å²) in [7, 11) is 1.95. The van der Waals surface area contributed by atoms with E-state index in [1.165, 1.54) is 0 Å². The second-order valence-corrected chi connectivity index (χ2v) is 7.11. The molecular weight excluding hydrogens is 327 g/mol.